The third-order valence-electron chi connectivity index (χ3n) is 4.28. The van der Waals surface area contributed by atoms with Gasteiger partial charge in [0.2, 0.25) is 0 Å². The smallest absolute Gasteiger partial charge is 0.261 e. The van der Waals surface area contributed by atoms with Crippen molar-refractivity contribution >= 4 is 11.8 Å². The lowest BCUT2D eigenvalue weighted by molar-refractivity contribution is 0.0647. The number of imide groups is 1. The van der Waals surface area contributed by atoms with E-state index in [4.69, 9.17) is 4.74 Å². The molecule has 0 spiro atoms. The molecule has 0 unspecified atom stereocenters. The largest absolute Gasteiger partial charge is 0.492 e. The van der Waals surface area contributed by atoms with Crippen LogP contribution in [-0.2, 0) is 0 Å². The third-order valence-corrected chi connectivity index (χ3v) is 4.28. The average Bonchev–Trinajstić information content (AvgIpc) is 2.88. The molecule has 0 N–H and O–H groups in total. The van der Waals surface area contributed by atoms with Gasteiger partial charge in [-0.25, -0.2) is 0 Å². The Morgan fingerprint density at radius 2 is 1.48 bits per heavy atom. The highest BCUT2D eigenvalue weighted by molar-refractivity contribution is 6.21. The molecule has 130 valence electrons. The van der Waals surface area contributed by atoms with E-state index in [-0.39, 0.29) is 11.8 Å². The summed E-state index contributed by atoms with van der Waals surface area (Å²) in [4.78, 5) is 28.1. The second-order valence-corrected chi connectivity index (χ2v) is 6.13. The summed E-state index contributed by atoms with van der Waals surface area (Å²) in [6, 6.07) is 16.7. The Morgan fingerprint density at radius 1 is 0.880 bits per heavy atom. The average molecular weight is 338 g/mol. The van der Waals surface area contributed by atoms with Crippen LogP contribution in [0.3, 0.4) is 0 Å². The first-order chi connectivity index (χ1) is 12.2. The summed E-state index contributed by atoms with van der Waals surface area (Å²) in [6.45, 7) is 2.63. The number of likely N-dealkylation sites (N-methyl/N-ethyl adjacent to an activating group) is 1. The zero-order chi connectivity index (χ0) is 17.6. The van der Waals surface area contributed by atoms with Gasteiger partial charge >= 0.3 is 0 Å². The quantitative estimate of drug-likeness (QED) is 0.695. The Balaban J connectivity index is 1.40. The summed E-state index contributed by atoms with van der Waals surface area (Å²) >= 11 is 0. The number of rotatable bonds is 8. The highest BCUT2D eigenvalue weighted by Crippen LogP contribution is 2.22. The SMILES string of the molecule is CN(CCCN1C(=O)c2ccccc2C1=O)CCOc1ccccc1. The molecule has 1 heterocycles. The van der Waals surface area contributed by atoms with Crippen LogP contribution in [0.2, 0.25) is 0 Å². The molecule has 1 aliphatic rings. The van der Waals surface area contributed by atoms with Crippen molar-refractivity contribution < 1.29 is 14.3 Å². The maximum absolute atomic E-state index is 12.3. The van der Waals surface area contributed by atoms with Gasteiger partial charge < -0.3 is 9.64 Å². The normalized spacial score (nSPS) is 13.4. The fourth-order valence-electron chi connectivity index (χ4n) is 2.89. The lowest BCUT2D eigenvalue weighted by Crippen LogP contribution is -2.33. The van der Waals surface area contributed by atoms with E-state index in [2.05, 4.69) is 4.90 Å². The number of para-hydroxylation sites is 1. The Kier molecular flexibility index (Phi) is 5.46. The van der Waals surface area contributed by atoms with Crippen LogP contribution in [0.4, 0.5) is 0 Å². The molecule has 2 amide bonds. The summed E-state index contributed by atoms with van der Waals surface area (Å²) < 4.78 is 5.67. The Bertz CT molecular complexity index is 711. The van der Waals surface area contributed by atoms with Crippen molar-refractivity contribution in [3.05, 3.63) is 65.7 Å². The zero-order valence-corrected chi connectivity index (χ0v) is 14.4. The number of amides is 2. The van der Waals surface area contributed by atoms with Crippen LogP contribution in [0.1, 0.15) is 27.1 Å². The van der Waals surface area contributed by atoms with Gasteiger partial charge in [-0.2, -0.15) is 0 Å². The fraction of sp³-hybridized carbons (Fsp3) is 0.300. The summed E-state index contributed by atoms with van der Waals surface area (Å²) in [5.41, 5.74) is 1.02. The third kappa shape index (κ3) is 4.06. The van der Waals surface area contributed by atoms with Crippen LogP contribution in [0.15, 0.2) is 54.6 Å². The van der Waals surface area contributed by atoms with Gasteiger partial charge in [0.15, 0.2) is 0 Å². The molecule has 0 radical (unpaired) electrons. The standard InChI is InChI=1S/C20H22N2O3/c1-21(14-15-25-16-8-3-2-4-9-16)12-7-13-22-19(23)17-10-5-6-11-18(17)20(22)24/h2-6,8-11H,7,12-15H2,1H3. The Morgan fingerprint density at radius 3 is 2.12 bits per heavy atom. The van der Waals surface area contributed by atoms with E-state index in [1.807, 2.05) is 37.4 Å². The number of benzene rings is 2. The summed E-state index contributed by atoms with van der Waals surface area (Å²) in [6.07, 6.45) is 0.743. The predicted molar refractivity (Wildman–Crippen MR) is 95.9 cm³/mol. The van der Waals surface area contributed by atoms with Crippen molar-refractivity contribution in [1.29, 1.82) is 0 Å². The van der Waals surface area contributed by atoms with E-state index in [0.717, 1.165) is 25.3 Å². The lowest BCUT2D eigenvalue weighted by Gasteiger charge is -2.19. The number of nitrogens with zero attached hydrogens (tertiary/aromatic N) is 2. The topological polar surface area (TPSA) is 49.9 Å². The number of hydrogen-bond acceptors (Lipinski definition) is 4. The molecule has 0 aliphatic carbocycles. The Labute approximate surface area is 147 Å². The first-order valence-electron chi connectivity index (χ1n) is 8.48. The van der Waals surface area contributed by atoms with Crippen LogP contribution < -0.4 is 4.74 Å². The summed E-state index contributed by atoms with van der Waals surface area (Å²) in [5, 5.41) is 0. The van der Waals surface area contributed by atoms with Crippen molar-refractivity contribution in [2.75, 3.05) is 33.3 Å². The van der Waals surface area contributed by atoms with Gasteiger partial charge in [0.1, 0.15) is 12.4 Å². The molecule has 2 aromatic carbocycles. The van der Waals surface area contributed by atoms with E-state index in [0.29, 0.717) is 24.3 Å². The minimum absolute atomic E-state index is 0.185. The minimum atomic E-state index is -0.185. The molecule has 0 fully saturated rings. The minimum Gasteiger partial charge on any atom is -0.492 e. The molecule has 25 heavy (non-hydrogen) atoms. The first kappa shape index (κ1) is 17.2. The monoisotopic (exact) mass is 338 g/mol. The van der Waals surface area contributed by atoms with Gasteiger partial charge in [-0.15, -0.1) is 0 Å². The Hall–Kier alpha value is -2.66. The van der Waals surface area contributed by atoms with E-state index >= 15 is 0 Å². The zero-order valence-electron chi connectivity index (χ0n) is 14.4. The molecule has 5 heteroatoms. The van der Waals surface area contributed by atoms with E-state index < -0.39 is 0 Å². The van der Waals surface area contributed by atoms with E-state index in [9.17, 15) is 9.59 Å². The molecule has 3 rings (SSSR count). The number of carbonyl (C=O) groups excluding carboxylic acids is 2. The van der Waals surface area contributed by atoms with Crippen LogP contribution in [0, 0.1) is 0 Å². The maximum atomic E-state index is 12.3. The number of fused-ring (bicyclic) bond motifs is 1. The first-order valence-corrected chi connectivity index (χ1v) is 8.48. The molecule has 1 aliphatic heterocycles. The molecule has 0 atom stereocenters. The molecular formula is C20H22N2O3. The van der Waals surface area contributed by atoms with Crippen molar-refractivity contribution in [1.82, 2.24) is 9.80 Å². The van der Waals surface area contributed by atoms with Crippen LogP contribution in [-0.4, -0.2) is 54.9 Å². The van der Waals surface area contributed by atoms with Gasteiger partial charge in [-0.05, 0) is 44.3 Å². The second-order valence-electron chi connectivity index (χ2n) is 6.13. The maximum Gasteiger partial charge on any atom is 0.261 e. The summed E-state index contributed by atoms with van der Waals surface area (Å²) in [5.74, 6) is 0.494. The van der Waals surface area contributed by atoms with E-state index in [1.54, 1.807) is 24.3 Å². The van der Waals surface area contributed by atoms with Gasteiger partial charge in [0.25, 0.3) is 11.8 Å². The molecule has 5 nitrogen and oxygen atoms in total. The molecule has 0 aromatic heterocycles. The predicted octanol–water partition coefficient (Wildman–Crippen LogP) is 2.68. The molecule has 0 bridgehead atoms. The molecule has 0 saturated carbocycles. The van der Waals surface area contributed by atoms with Gasteiger partial charge in [0, 0.05) is 13.1 Å². The van der Waals surface area contributed by atoms with E-state index in [1.165, 1.54) is 4.90 Å². The van der Waals surface area contributed by atoms with Gasteiger partial charge in [0.05, 0.1) is 11.1 Å². The summed E-state index contributed by atoms with van der Waals surface area (Å²) in [7, 11) is 2.01. The van der Waals surface area contributed by atoms with Crippen LogP contribution >= 0.6 is 0 Å². The molecule has 0 saturated heterocycles. The number of carbonyl (C=O) groups is 2. The van der Waals surface area contributed by atoms with Crippen LogP contribution in [0.25, 0.3) is 0 Å². The van der Waals surface area contributed by atoms with Crippen molar-refractivity contribution in [3.63, 3.8) is 0 Å². The molecule has 2 aromatic rings. The lowest BCUT2D eigenvalue weighted by atomic mass is 10.1. The van der Waals surface area contributed by atoms with Crippen molar-refractivity contribution in [2.45, 2.75) is 6.42 Å². The number of ether oxygens (including phenoxy) is 1. The second kappa shape index (κ2) is 7.94. The highest BCUT2D eigenvalue weighted by atomic mass is 16.5. The molecular weight excluding hydrogens is 316 g/mol. The highest BCUT2D eigenvalue weighted by Gasteiger charge is 2.34. The fourth-order valence-corrected chi connectivity index (χ4v) is 2.89. The van der Waals surface area contributed by atoms with Crippen molar-refractivity contribution in [3.8, 4) is 5.75 Å². The van der Waals surface area contributed by atoms with Gasteiger partial charge in [-0.3, -0.25) is 14.5 Å². The van der Waals surface area contributed by atoms with Crippen LogP contribution in [0.5, 0.6) is 5.75 Å². The van der Waals surface area contributed by atoms with Gasteiger partial charge in [-0.1, -0.05) is 30.3 Å². The number of hydrogen-bond donors (Lipinski definition) is 0. The van der Waals surface area contributed by atoms with Crippen molar-refractivity contribution in [2.24, 2.45) is 0 Å².